The lowest BCUT2D eigenvalue weighted by atomic mass is 10.1. The summed E-state index contributed by atoms with van der Waals surface area (Å²) in [5.74, 6) is 2.08. The zero-order chi connectivity index (χ0) is 24.9. The Balaban J connectivity index is 1.13. The zero-order valence-corrected chi connectivity index (χ0v) is 20.6. The van der Waals surface area contributed by atoms with Crippen molar-refractivity contribution in [1.29, 1.82) is 0 Å². The molecule has 0 N–H and O–H groups in total. The molecule has 1 amide bonds. The SMILES string of the molecule is CC(=O)N1CCc2cc(S(=O)(=O)N3CCN(c4ccc(-c5ccc6c(c5)OCO6)nn4)CC3)ccc21. The summed E-state index contributed by atoms with van der Waals surface area (Å²) in [4.78, 5) is 15.8. The number of ether oxygens (including phenoxy) is 2. The van der Waals surface area contributed by atoms with E-state index in [9.17, 15) is 13.2 Å². The van der Waals surface area contributed by atoms with E-state index in [-0.39, 0.29) is 17.6 Å². The second kappa shape index (κ2) is 8.75. The number of piperazine rings is 1. The highest BCUT2D eigenvalue weighted by Gasteiger charge is 2.31. The molecule has 0 atom stereocenters. The van der Waals surface area contributed by atoms with Crippen LogP contribution in [-0.4, -0.2) is 68.3 Å². The Morgan fingerprint density at radius 2 is 1.69 bits per heavy atom. The van der Waals surface area contributed by atoms with Crippen molar-refractivity contribution in [2.75, 3.05) is 49.3 Å². The molecule has 4 heterocycles. The Hall–Kier alpha value is -3.70. The predicted octanol–water partition coefficient (Wildman–Crippen LogP) is 2.29. The van der Waals surface area contributed by atoms with Crippen molar-refractivity contribution < 1.29 is 22.7 Å². The molecule has 1 saturated heterocycles. The monoisotopic (exact) mass is 507 g/mol. The number of anilines is 2. The van der Waals surface area contributed by atoms with Crippen molar-refractivity contribution in [3.05, 3.63) is 54.1 Å². The van der Waals surface area contributed by atoms with E-state index in [1.165, 1.54) is 11.2 Å². The molecule has 0 unspecified atom stereocenters. The summed E-state index contributed by atoms with van der Waals surface area (Å²) in [7, 11) is -3.63. The van der Waals surface area contributed by atoms with E-state index in [1.54, 1.807) is 23.1 Å². The van der Waals surface area contributed by atoms with Gasteiger partial charge in [-0.25, -0.2) is 8.42 Å². The fourth-order valence-corrected chi connectivity index (χ4v) is 6.35. The summed E-state index contributed by atoms with van der Waals surface area (Å²) >= 11 is 0. The lowest BCUT2D eigenvalue weighted by molar-refractivity contribution is -0.116. The number of fused-ring (bicyclic) bond motifs is 2. The maximum Gasteiger partial charge on any atom is 0.243 e. The van der Waals surface area contributed by atoms with E-state index in [0.717, 1.165) is 22.5 Å². The number of benzene rings is 2. The number of carbonyl (C=O) groups excluding carboxylic acids is 1. The number of amides is 1. The van der Waals surface area contributed by atoms with E-state index in [0.29, 0.717) is 56.5 Å². The number of sulfonamides is 1. The highest BCUT2D eigenvalue weighted by atomic mass is 32.2. The summed E-state index contributed by atoms with van der Waals surface area (Å²) in [6.45, 7) is 4.06. The first-order chi connectivity index (χ1) is 17.4. The number of aromatic nitrogens is 2. The maximum absolute atomic E-state index is 13.3. The van der Waals surface area contributed by atoms with Gasteiger partial charge >= 0.3 is 0 Å². The number of nitrogens with zero attached hydrogens (tertiary/aromatic N) is 5. The molecule has 36 heavy (non-hydrogen) atoms. The van der Waals surface area contributed by atoms with Crippen LogP contribution >= 0.6 is 0 Å². The van der Waals surface area contributed by atoms with Crippen molar-refractivity contribution in [1.82, 2.24) is 14.5 Å². The summed E-state index contributed by atoms with van der Waals surface area (Å²) in [6, 6.07) is 14.5. The third-order valence-corrected chi connectivity index (χ3v) is 8.74. The van der Waals surface area contributed by atoms with Crippen LogP contribution in [0.1, 0.15) is 12.5 Å². The number of hydrogen-bond donors (Lipinski definition) is 0. The largest absolute Gasteiger partial charge is 0.454 e. The number of hydrogen-bond acceptors (Lipinski definition) is 8. The van der Waals surface area contributed by atoms with E-state index >= 15 is 0 Å². The first-order valence-electron chi connectivity index (χ1n) is 11.8. The molecular formula is C25H25N5O5S. The van der Waals surface area contributed by atoms with E-state index in [1.807, 2.05) is 35.2 Å². The summed E-state index contributed by atoms with van der Waals surface area (Å²) < 4.78 is 38.9. The van der Waals surface area contributed by atoms with Gasteiger partial charge in [0.05, 0.1) is 10.6 Å². The molecule has 1 fully saturated rings. The molecule has 6 rings (SSSR count). The molecule has 1 aromatic heterocycles. The van der Waals surface area contributed by atoms with Gasteiger partial charge in [0, 0.05) is 50.9 Å². The molecule has 0 spiro atoms. The third-order valence-electron chi connectivity index (χ3n) is 6.85. The normalized spacial score (nSPS) is 17.4. The molecule has 3 aliphatic heterocycles. The van der Waals surface area contributed by atoms with Crippen LogP contribution in [0.15, 0.2) is 53.4 Å². The van der Waals surface area contributed by atoms with E-state index in [2.05, 4.69) is 10.2 Å². The van der Waals surface area contributed by atoms with Crippen LogP contribution in [0.2, 0.25) is 0 Å². The average molecular weight is 508 g/mol. The summed E-state index contributed by atoms with van der Waals surface area (Å²) in [6.07, 6.45) is 0.660. The van der Waals surface area contributed by atoms with Gasteiger partial charge in [0.1, 0.15) is 0 Å². The van der Waals surface area contributed by atoms with Crippen molar-refractivity contribution in [2.24, 2.45) is 0 Å². The van der Waals surface area contributed by atoms with Gasteiger partial charge in [-0.2, -0.15) is 4.31 Å². The Kier molecular flexibility index (Phi) is 5.53. The number of rotatable bonds is 4. The summed E-state index contributed by atoms with van der Waals surface area (Å²) in [5, 5.41) is 8.75. The fraction of sp³-hybridized carbons (Fsp3) is 0.320. The van der Waals surface area contributed by atoms with Crippen molar-refractivity contribution in [3.63, 3.8) is 0 Å². The van der Waals surface area contributed by atoms with Crippen molar-refractivity contribution >= 4 is 27.4 Å². The minimum Gasteiger partial charge on any atom is -0.454 e. The Bertz CT molecular complexity index is 1440. The first kappa shape index (κ1) is 22.7. The van der Waals surface area contributed by atoms with Gasteiger partial charge in [-0.3, -0.25) is 4.79 Å². The van der Waals surface area contributed by atoms with E-state index in [4.69, 9.17) is 9.47 Å². The van der Waals surface area contributed by atoms with Crippen LogP contribution in [0.25, 0.3) is 11.3 Å². The molecule has 0 aliphatic carbocycles. The standard InChI is InChI=1S/C25H25N5O5S/c1-17(31)30-9-8-19-14-20(3-5-22(19)30)36(32,33)29-12-10-28(11-13-29)25-7-4-21(26-27-25)18-2-6-23-24(15-18)35-16-34-23/h2-7,14-15H,8-13,16H2,1H3. The highest BCUT2D eigenvalue weighted by molar-refractivity contribution is 7.89. The molecule has 186 valence electrons. The lowest BCUT2D eigenvalue weighted by Gasteiger charge is -2.34. The first-order valence-corrected chi connectivity index (χ1v) is 13.2. The Labute approximate surface area is 209 Å². The van der Waals surface area contributed by atoms with Crippen molar-refractivity contribution in [3.8, 4) is 22.8 Å². The molecular weight excluding hydrogens is 482 g/mol. The second-order valence-corrected chi connectivity index (χ2v) is 10.9. The van der Waals surface area contributed by atoms with Gasteiger partial charge in [0.15, 0.2) is 17.3 Å². The molecule has 2 aromatic carbocycles. The molecule has 3 aliphatic rings. The maximum atomic E-state index is 13.3. The number of carbonyl (C=O) groups is 1. The lowest BCUT2D eigenvalue weighted by Crippen LogP contribution is -2.49. The molecule has 0 saturated carbocycles. The molecule has 3 aromatic rings. The van der Waals surface area contributed by atoms with Crippen molar-refractivity contribution in [2.45, 2.75) is 18.2 Å². The van der Waals surface area contributed by atoms with Crippen LogP contribution < -0.4 is 19.3 Å². The minimum absolute atomic E-state index is 0.0347. The van der Waals surface area contributed by atoms with E-state index < -0.39 is 10.0 Å². The van der Waals surface area contributed by atoms with Crippen LogP contribution in [0.4, 0.5) is 11.5 Å². The van der Waals surface area contributed by atoms with Gasteiger partial charge in [-0.15, -0.1) is 10.2 Å². The summed E-state index contributed by atoms with van der Waals surface area (Å²) in [5.41, 5.74) is 3.30. The topological polar surface area (TPSA) is 105 Å². The second-order valence-electron chi connectivity index (χ2n) is 8.95. The molecule has 11 heteroatoms. The molecule has 10 nitrogen and oxygen atoms in total. The predicted molar refractivity (Wildman–Crippen MR) is 133 cm³/mol. The van der Waals surface area contributed by atoms with Crippen LogP contribution in [0.5, 0.6) is 11.5 Å². The van der Waals surface area contributed by atoms with Gasteiger partial charge in [0.2, 0.25) is 22.7 Å². The molecule has 0 radical (unpaired) electrons. The average Bonchev–Trinajstić information content (AvgIpc) is 3.55. The zero-order valence-electron chi connectivity index (χ0n) is 19.8. The Morgan fingerprint density at radius 1 is 0.889 bits per heavy atom. The smallest absolute Gasteiger partial charge is 0.243 e. The van der Waals surface area contributed by atoms with Gasteiger partial charge < -0.3 is 19.3 Å². The quantitative estimate of drug-likeness (QED) is 0.530. The molecule has 0 bridgehead atoms. The fourth-order valence-electron chi connectivity index (χ4n) is 4.88. The van der Waals surface area contributed by atoms with Gasteiger partial charge in [-0.1, -0.05) is 0 Å². The van der Waals surface area contributed by atoms with Crippen LogP contribution in [0, 0.1) is 0 Å². The van der Waals surface area contributed by atoms with Crippen LogP contribution in [0.3, 0.4) is 0 Å². The van der Waals surface area contributed by atoms with Crippen LogP contribution in [-0.2, 0) is 21.2 Å². The minimum atomic E-state index is -3.63. The highest BCUT2D eigenvalue weighted by Crippen LogP contribution is 2.35. The van der Waals surface area contributed by atoms with Gasteiger partial charge in [0.25, 0.3) is 0 Å². The van der Waals surface area contributed by atoms with Gasteiger partial charge in [-0.05, 0) is 60.5 Å². The Morgan fingerprint density at radius 3 is 2.44 bits per heavy atom. The third kappa shape index (κ3) is 3.94.